The second-order valence-corrected chi connectivity index (χ2v) is 6.02. The summed E-state index contributed by atoms with van der Waals surface area (Å²) in [5.74, 6) is 0.362. The minimum atomic E-state index is -3.07. The van der Waals surface area contributed by atoms with Gasteiger partial charge in [-0.05, 0) is 25.7 Å². The first kappa shape index (κ1) is 11.7. The molecule has 82 valence electrons. The Labute approximate surface area is 85.3 Å². The Balaban J connectivity index is 2.56. The van der Waals surface area contributed by atoms with Crippen LogP contribution in [0.1, 0.15) is 26.2 Å². The summed E-state index contributed by atoms with van der Waals surface area (Å²) < 4.78 is 24.0. The van der Waals surface area contributed by atoms with Gasteiger partial charge in [-0.1, -0.05) is 0 Å². The van der Waals surface area contributed by atoms with Crippen molar-refractivity contribution < 1.29 is 13.2 Å². The first-order valence-electron chi connectivity index (χ1n) is 4.84. The van der Waals surface area contributed by atoms with Crippen LogP contribution in [0.15, 0.2) is 0 Å². The number of nitrogens with zero attached hydrogens (tertiary/aromatic N) is 1. The van der Waals surface area contributed by atoms with E-state index in [9.17, 15) is 13.2 Å². The van der Waals surface area contributed by atoms with Crippen molar-refractivity contribution >= 4 is 15.8 Å². The topological polar surface area (TPSA) is 54.5 Å². The van der Waals surface area contributed by atoms with E-state index in [4.69, 9.17) is 0 Å². The van der Waals surface area contributed by atoms with Gasteiger partial charge in [0.1, 0.15) is 5.78 Å². The number of carbonyl (C=O) groups is 1. The van der Waals surface area contributed by atoms with Crippen LogP contribution in [0, 0.1) is 5.92 Å². The van der Waals surface area contributed by atoms with Crippen molar-refractivity contribution in [2.75, 3.05) is 19.3 Å². The Hall–Kier alpha value is -0.420. The molecule has 0 aromatic carbocycles. The molecule has 0 N–H and O–H groups in total. The maximum atomic E-state index is 11.3. The van der Waals surface area contributed by atoms with Crippen LogP contribution in [0.3, 0.4) is 0 Å². The van der Waals surface area contributed by atoms with Crippen molar-refractivity contribution in [3.8, 4) is 0 Å². The number of hydrogen-bond donors (Lipinski definition) is 0. The molecule has 1 rings (SSSR count). The van der Waals surface area contributed by atoms with E-state index in [0.717, 1.165) is 12.8 Å². The minimum absolute atomic E-state index is 0.144. The Morgan fingerprint density at radius 1 is 1.50 bits per heavy atom. The highest BCUT2D eigenvalue weighted by atomic mass is 32.2. The highest BCUT2D eigenvalue weighted by Crippen LogP contribution is 2.21. The van der Waals surface area contributed by atoms with E-state index in [-0.39, 0.29) is 11.7 Å². The molecule has 0 saturated carbocycles. The molecule has 5 heteroatoms. The molecule has 0 spiro atoms. The van der Waals surface area contributed by atoms with Crippen LogP contribution in [0.25, 0.3) is 0 Å². The zero-order chi connectivity index (χ0) is 10.8. The summed E-state index contributed by atoms with van der Waals surface area (Å²) in [7, 11) is -3.07. The molecule has 0 bridgehead atoms. The van der Waals surface area contributed by atoms with Crippen LogP contribution < -0.4 is 0 Å². The fraction of sp³-hybridized carbons (Fsp3) is 0.889. The maximum Gasteiger partial charge on any atom is 0.211 e. The molecule has 0 radical (unpaired) electrons. The molecule has 14 heavy (non-hydrogen) atoms. The van der Waals surface area contributed by atoms with E-state index in [1.807, 2.05) is 0 Å². The Morgan fingerprint density at radius 2 is 2.14 bits per heavy atom. The van der Waals surface area contributed by atoms with Crippen LogP contribution in [-0.2, 0) is 14.8 Å². The monoisotopic (exact) mass is 219 g/mol. The predicted octanol–water partition coefficient (Wildman–Crippen LogP) is 0.637. The van der Waals surface area contributed by atoms with Gasteiger partial charge >= 0.3 is 0 Å². The molecule has 1 heterocycles. The first-order valence-corrected chi connectivity index (χ1v) is 6.69. The fourth-order valence-electron chi connectivity index (χ4n) is 1.90. The van der Waals surface area contributed by atoms with Crippen molar-refractivity contribution in [1.82, 2.24) is 4.31 Å². The van der Waals surface area contributed by atoms with E-state index in [1.54, 1.807) is 6.92 Å². The lowest BCUT2D eigenvalue weighted by molar-refractivity contribution is -0.118. The normalized spacial score (nSPS) is 24.9. The molecule has 1 aliphatic rings. The van der Waals surface area contributed by atoms with Gasteiger partial charge in [0.2, 0.25) is 10.0 Å². The SMILES string of the molecule is CC(=O)CC1CCCN(S(C)(=O)=O)C1. The average molecular weight is 219 g/mol. The fourth-order valence-corrected chi connectivity index (χ4v) is 2.84. The summed E-state index contributed by atoms with van der Waals surface area (Å²) in [6, 6.07) is 0. The molecular formula is C9H17NO3S. The number of sulfonamides is 1. The van der Waals surface area contributed by atoms with Gasteiger partial charge in [0.05, 0.1) is 6.26 Å². The lowest BCUT2D eigenvalue weighted by atomic mass is 9.95. The van der Waals surface area contributed by atoms with Crippen LogP contribution in [0.2, 0.25) is 0 Å². The molecule has 0 amide bonds. The third-order valence-electron chi connectivity index (χ3n) is 2.53. The third kappa shape index (κ3) is 3.38. The summed E-state index contributed by atoms with van der Waals surface area (Å²) in [5.41, 5.74) is 0. The predicted molar refractivity (Wildman–Crippen MR) is 54.4 cm³/mol. The standard InChI is InChI=1S/C9H17NO3S/c1-8(11)6-9-4-3-5-10(7-9)14(2,12)13/h9H,3-7H2,1-2H3. The van der Waals surface area contributed by atoms with Gasteiger partial charge in [-0.2, -0.15) is 0 Å². The van der Waals surface area contributed by atoms with E-state index >= 15 is 0 Å². The van der Waals surface area contributed by atoms with Crippen LogP contribution >= 0.6 is 0 Å². The summed E-state index contributed by atoms with van der Waals surface area (Å²) in [6.07, 6.45) is 3.56. The number of rotatable bonds is 3. The van der Waals surface area contributed by atoms with Gasteiger partial charge < -0.3 is 4.79 Å². The quantitative estimate of drug-likeness (QED) is 0.700. The highest BCUT2D eigenvalue weighted by molar-refractivity contribution is 7.88. The van der Waals surface area contributed by atoms with Crippen molar-refractivity contribution in [2.24, 2.45) is 5.92 Å². The van der Waals surface area contributed by atoms with E-state index in [1.165, 1.54) is 10.6 Å². The number of ketones is 1. The molecule has 4 nitrogen and oxygen atoms in total. The number of hydrogen-bond acceptors (Lipinski definition) is 3. The zero-order valence-corrected chi connectivity index (χ0v) is 9.51. The first-order chi connectivity index (χ1) is 6.39. The zero-order valence-electron chi connectivity index (χ0n) is 8.69. The van der Waals surface area contributed by atoms with Gasteiger partial charge in [-0.25, -0.2) is 12.7 Å². The van der Waals surface area contributed by atoms with Crippen LogP contribution in [-0.4, -0.2) is 37.9 Å². The Morgan fingerprint density at radius 3 is 2.64 bits per heavy atom. The summed E-state index contributed by atoms with van der Waals surface area (Å²) in [5, 5.41) is 0. The van der Waals surface area contributed by atoms with Crippen molar-refractivity contribution in [2.45, 2.75) is 26.2 Å². The number of Topliss-reactive ketones (excluding diaryl/α,β-unsaturated/α-hetero) is 1. The largest absolute Gasteiger partial charge is 0.300 e. The van der Waals surface area contributed by atoms with E-state index < -0.39 is 10.0 Å². The van der Waals surface area contributed by atoms with Crippen LogP contribution in [0.4, 0.5) is 0 Å². The second kappa shape index (κ2) is 4.40. The van der Waals surface area contributed by atoms with E-state index in [0.29, 0.717) is 19.5 Å². The average Bonchev–Trinajstić information content (AvgIpc) is 2.01. The summed E-state index contributed by atoms with van der Waals surface area (Å²) in [4.78, 5) is 10.9. The lowest BCUT2D eigenvalue weighted by Gasteiger charge is -2.30. The Bertz CT molecular complexity index is 310. The van der Waals surface area contributed by atoms with E-state index in [2.05, 4.69) is 0 Å². The lowest BCUT2D eigenvalue weighted by Crippen LogP contribution is -2.39. The molecule has 1 fully saturated rings. The number of carbonyl (C=O) groups excluding carboxylic acids is 1. The van der Waals surface area contributed by atoms with Crippen molar-refractivity contribution in [3.63, 3.8) is 0 Å². The van der Waals surface area contributed by atoms with Crippen molar-refractivity contribution in [3.05, 3.63) is 0 Å². The van der Waals surface area contributed by atoms with Gasteiger partial charge in [-0.15, -0.1) is 0 Å². The van der Waals surface area contributed by atoms with Gasteiger partial charge in [0, 0.05) is 19.5 Å². The van der Waals surface area contributed by atoms with Crippen molar-refractivity contribution in [1.29, 1.82) is 0 Å². The molecule has 0 aromatic heterocycles. The Kier molecular flexibility index (Phi) is 3.66. The molecule has 1 aliphatic heterocycles. The maximum absolute atomic E-state index is 11.3. The summed E-state index contributed by atoms with van der Waals surface area (Å²) in [6.45, 7) is 2.67. The minimum Gasteiger partial charge on any atom is -0.300 e. The molecule has 1 saturated heterocycles. The second-order valence-electron chi connectivity index (χ2n) is 4.04. The molecule has 0 aliphatic carbocycles. The molecule has 1 atom stereocenters. The molecule has 0 aromatic rings. The smallest absolute Gasteiger partial charge is 0.211 e. The molecular weight excluding hydrogens is 202 g/mol. The van der Waals surface area contributed by atoms with Gasteiger partial charge in [-0.3, -0.25) is 0 Å². The third-order valence-corrected chi connectivity index (χ3v) is 3.80. The van der Waals surface area contributed by atoms with Gasteiger partial charge in [0.25, 0.3) is 0 Å². The van der Waals surface area contributed by atoms with Gasteiger partial charge in [0.15, 0.2) is 0 Å². The number of piperidine rings is 1. The van der Waals surface area contributed by atoms with Crippen LogP contribution in [0.5, 0.6) is 0 Å². The molecule has 1 unspecified atom stereocenters. The summed E-state index contributed by atoms with van der Waals surface area (Å²) >= 11 is 0. The highest BCUT2D eigenvalue weighted by Gasteiger charge is 2.26.